The van der Waals surface area contributed by atoms with Crippen LogP contribution >= 0.6 is 11.8 Å². The molecule has 9 nitrogen and oxygen atoms in total. The van der Waals surface area contributed by atoms with E-state index in [-0.39, 0.29) is 10.6 Å². The van der Waals surface area contributed by atoms with E-state index in [0.29, 0.717) is 43.2 Å². The Labute approximate surface area is 193 Å². The van der Waals surface area contributed by atoms with Crippen molar-refractivity contribution >= 4 is 55.0 Å². The summed E-state index contributed by atoms with van der Waals surface area (Å²) in [5, 5.41) is 22.5. The molecule has 33 heavy (non-hydrogen) atoms. The number of para-hydroxylation sites is 1. The van der Waals surface area contributed by atoms with Gasteiger partial charge in [-0.2, -0.15) is 5.10 Å². The van der Waals surface area contributed by atoms with E-state index in [1.54, 1.807) is 49.5 Å². The zero-order valence-electron chi connectivity index (χ0n) is 17.3. The maximum Gasteiger partial charge on any atom is 0.264 e. The molecule has 5 rings (SSSR count). The fourth-order valence-corrected chi connectivity index (χ4v) is 5.55. The van der Waals surface area contributed by atoms with Crippen molar-refractivity contribution in [1.82, 2.24) is 20.2 Å². The van der Waals surface area contributed by atoms with E-state index in [1.165, 1.54) is 12.4 Å². The van der Waals surface area contributed by atoms with Gasteiger partial charge in [0.25, 0.3) is 10.0 Å². The lowest BCUT2D eigenvalue weighted by Gasteiger charge is -2.15. The maximum atomic E-state index is 13.5. The highest BCUT2D eigenvalue weighted by Crippen LogP contribution is 2.42. The lowest BCUT2D eigenvalue weighted by molar-refractivity contribution is 0.469. The minimum atomic E-state index is -4.01. The van der Waals surface area contributed by atoms with Gasteiger partial charge < -0.3 is 10.4 Å². The van der Waals surface area contributed by atoms with Crippen molar-refractivity contribution in [2.45, 2.75) is 14.9 Å². The van der Waals surface area contributed by atoms with Crippen LogP contribution in [0.25, 0.3) is 21.7 Å². The van der Waals surface area contributed by atoms with Gasteiger partial charge in [0, 0.05) is 23.2 Å². The zero-order valence-corrected chi connectivity index (χ0v) is 18.9. The summed E-state index contributed by atoms with van der Waals surface area (Å²) in [5.41, 5.74) is 0.684. The Balaban J connectivity index is 1.64. The number of nitrogens with zero attached hydrogens (tertiary/aromatic N) is 3. The maximum absolute atomic E-state index is 13.5. The first-order valence-corrected chi connectivity index (χ1v) is 12.1. The van der Waals surface area contributed by atoms with Crippen LogP contribution in [0.5, 0.6) is 5.75 Å². The summed E-state index contributed by atoms with van der Waals surface area (Å²) in [5.74, 6) is 0.589. The highest BCUT2D eigenvalue weighted by atomic mass is 32.2. The standard InChI is InChI=1S/C22H18N6O3S2/c1-23-19-10-9-13-5-4-8-18(20(13)26-19)33(30,31)28-16-11-17(32-22-24-12-25-27-22)21(29)15-7-3-2-6-14(15)16/h2-12,28-29H,1H3,(H,23,26)(H,24,25,27). The van der Waals surface area contributed by atoms with Gasteiger partial charge >= 0.3 is 0 Å². The number of rotatable bonds is 6. The Morgan fingerprint density at radius 1 is 1.03 bits per heavy atom. The number of phenols is 1. The highest BCUT2D eigenvalue weighted by Gasteiger charge is 2.22. The summed E-state index contributed by atoms with van der Waals surface area (Å²) in [6.07, 6.45) is 1.36. The van der Waals surface area contributed by atoms with E-state index in [2.05, 4.69) is 30.2 Å². The second-order valence-electron chi connectivity index (χ2n) is 7.09. The largest absolute Gasteiger partial charge is 0.506 e. The molecule has 0 radical (unpaired) electrons. The Bertz CT molecular complexity index is 1590. The molecule has 2 aromatic heterocycles. The Morgan fingerprint density at radius 3 is 2.61 bits per heavy atom. The predicted octanol–water partition coefficient (Wildman–Crippen LogP) is 4.21. The van der Waals surface area contributed by atoms with Crippen LogP contribution in [0.3, 0.4) is 0 Å². The van der Waals surface area contributed by atoms with E-state index in [0.717, 1.165) is 11.8 Å². The lowest BCUT2D eigenvalue weighted by Crippen LogP contribution is -2.14. The van der Waals surface area contributed by atoms with Gasteiger partial charge in [0.2, 0.25) is 0 Å². The van der Waals surface area contributed by atoms with E-state index in [4.69, 9.17) is 0 Å². The van der Waals surface area contributed by atoms with Crippen LogP contribution in [0.2, 0.25) is 0 Å². The van der Waals surface area contributed by atoms with E-state index in [1.807, 2.05) is 12.1 Å². The summed E-state index contributed by atoms with van der Waals surface area (Å²) >= 11 is 1.14. The van der Waals surface area contributed by atoms with Crippen molar-refractivity contribution in [3.05, 3.63) is 67.0 Å². The van der Waals surface area contributed by atoms with Gasteiger partial charge in [-0.15, -0.1) is 0 Å². The monoisotopic (exact) mass is 478 g/mol. The minimum Gasteiger partial charge on any atom is -0.506 e. The van der Waals surface area contributed by atoms with Gasteiger partial charge in [-0.25, -0.2) is 18.4 Å². The molecular weight excluding hydrogens is 460 g/mol. The molecule has 0 fully saturated rings. The number of fused-ring (bicyclic) bond motifs is 2. The highest BCUT2D eigenvalue weighted by molar-refractivity contribution is 7.99. The lowest BCUT2D eigenvalue weighted by atomic mass is 10.1. The van der Waals surface area contributed by atoms with Crippen LogP contribution < -0.4 is 10.0 Å². The predicted molar refractivity (Wildman–Crippen MR) is 128 cm³/mol. The quantitative estimate of drug-likeness (QED) is 0.267. The topological polar surface area (TPSA) is 133 Å². The van der Waals surface area contributed by atoms with Crippen molar-refractivity contribution < 1.29 is 13.5 Å². The van der Waals surface area contributed by atoms with Crippen LogP contribution in [0.4, 0.5) is 11.5 Å². The van der Waals surface area contributed by atoms with Crippen LogP contribution in [0.15, 0.2) is 81.9 Å². The molecule has 0 bridgehead atoms. The third kappa shape index (κ3) is 3.92. The molecule has 0 saturated heterocycles. The van der Waals surface area contributed by atoms with Gasteiger partial charge in [0.1, 0.15) is 22.8 Å². The van der Waals surface area contributed by atoms with Crippen molar-refractivity contribution in [3.63, 3.8) is 0 Å². The van der Waals surface area contributed by atoms with Crippen LogP contribution in [-0.2, 0) is 10.0 Å². The number of aromatic hydroxyl groups is 1. The SMILES string of the molecule is CNc1ccc2cccc(S(=O)(=O)Nc3cc(Sc4ncn[nH]4)c(O)c4ccccc34)c2n1. The molecule has 0 atom stereocenters. The summed E-state index contributed by atoms with van der Waals surface area (Å²) in [6.45, 7) is 0. The van der Waals surface area contributed by atoms with Gasteiger partial charge in [-0.3, -0.25) is 9.82 Å². The molecule has 4 N–H and O–H groups in total. The molecule has 166 valence electrons. The van der Waals surface area contributed by atoms with Crippen molar-refractivity contribution in [3.8, 4) is 5.75 Å². The van der Waals surface area contributed by atoms with E-state index in [9.17, 15) is 13.5 Å². The summed E-state index contributed by atoms with van der Waals surface area (Å²) < 4.78 is 29.7. The summed E-state index contributed by atoms with van der Waals surface area (Å²) in [7, 11) is -2.29. The number of H-pyrrole nitrogens is 1. The number of hydrogen-bond donors (Lipinski definition) is 4. The molecule has 0 saturated carbocycles. The number of phenolic OH excluding ortho intramolecular Hbond substituents is 1. The molecule has 0 aliphatic carbocycles. The second kappa shape index (κ2) is 8.26. The number of aromatic amines is 1. The number of nitrogens with one attached hydrogen (secondary N) is 3. The second-order valence-corrected chi connectivity index (χ2v) is 9.77. The minimum absolute atomic E-state index is 0.0282. The molecule has 0 amide bonds. The molecule has 2 heterocycles. The number of aromatic nitrogens is 4. The Morgan fingerprint density at radius 2 is 1.85 bits per heavy atom. The van der Waals surface area contributed by atoms with Gasteiger partial charge in [-0.1, -0.05) is 36.4 Å². The van der Waals surface area contributed by atoms with Crippen molar-refractivity contribution in [2.24, 2.45) is 0 Å². The number of sulfonamides is 1. The average molecular weight is 479 g/mol. The molecule has 11 heteroatoms. The van der Waals surface area contributed by atoms with E-state index >= 15 is 0 Å². The summed E-state index contributed by atoms with van der Waals surface area (Å²) in [6, 6.07) is 17.2. The van der Waals surface area contributed by atoms with E-state index < -0.39 is 10.0 Å². The normalized spacial score (nSPS) is 11.7. The number of hydrogen-bond acceptors (Lipinski definition) is 8. The molecule has 0 spiro atoms. The molecule has 0 unspecified atom stereocenters. The molecule has 0 aliphatic heterocycles. The van der Waals surface area contributed by atoms with Crippen LogP contribution in [0.1, 0.15) is 0 Å². The molecule has 0 aliphatic rings. The third-order valence-corrected chi connectivity index (χ3v) is 7.37. The van der Waals surface area contributed by atoms with Crippen molar-refractivity contribution in [1.29, 1.82) is 0 Å². The molecule has 3 aromatic carbocycles. The van der Waals surface area contributed by atoms with Crippen LogP contribution in [0, 0.1) is 0 Å². The average Bonchev–Trinajstić information content (AvgIpc) is 3.34. The molecule has 5 aromatic rings. The zero-order chi connectivity index (χ0) is 23.0. The first-order valence-electron chi connectivity index (χ1n) is 9.84. The van der Waals surface area contributed by atoms with Gasteiger partial charge in [-0.05, 0) is 36.0 Å². The number of pyridine rings is 1. The first kappa shape index (κ1) is 21.0. The smallest absolute Gasteiger partial charge is 0.264 e. The van der Waals surface area contributed by atoms with Crippen LogP contribution in [-0.4, -0.2) is 40.7 Å². The first-order chi connectivity index (χ1) is 16.0. The van der Waals surface area contributed by atoms with Gasteiger partial charge in [0.15, 0.2) is 5.16 Å². The number of anilines is 2. The van der Waals surface area contributed by atoms with Crippen molar-refractivity contribution in [2.75, 3.05) is 17.1 Å². The third-order valence-electron chi connectivity index (χ3n) is 5.05. The Hall–Kier alpha value is -3.83. The van der Waals surface area contributed by atoms with Gasteiger partial charge in [0.05, 0.1) is 16.1 Å². The summed E-state index contributed by atoms with van der Waals surface area (Å²) in [4.78, 5) is 9.00. The fraction of sp³-hybridized carbons (Fsp3) is 0.0455. The number of benzene rings is 3. The fourth-order valence-electron chi connectivity index (χ4n) is 3.52. The molecular formula is C22H18N6O3S2. The Kier molecular flexibility index (Phi) is 5.27.